The molecule has 0 amide bonds. The van der Waals surface area contributed by atoms with E-state index >= 15 is 0 Å². The topological polar surface area (TPSA) is 29.3 Å². The zero-order chi connectivity index (χ0) is 9.60. The number of rotatable bonds is 2. The SMILES string of the molecule is NC1CCC(CN2CCC3(CC3)C2)C1. The zero-order valence-electron chi connectivity index (χ0n) is 9.04. The molecule has 2 saturated carbocycles. The molecular formula is C12H22N2. The van der Waals surface area contributed by atoms with Crippen molar-refractivity contribution in [1.82, 2.24) is 4.90 Å². The van der Waals surface area contributed by atoms with Crippen LogP contribution in [0.2, 0.25) is 0 Å². The number of hydrogen-bond donors (Lipinski definition) is 1. The van der Waals surface area contributed by atoms with Crippen molar-refractivity contribution in [3.63, 3.8) is 0 Å². The van der Waals surface area contributed by atoms with Crippen molar-refractivity contribution in [3.05, 3.63) is 0 Å². The van der Waals surface area contributed by atoms with Crippen molar-refractivity contribution < 1.29 is 0 Å². The minimum atomic E-state index is 0.512. The Labute approximate surface area is 86.8 Å². The lowest BCUT2D eigenvalue weighted by molar-refractivity contribution is 0.266. The van der Waals surface area contributed by atoms with Crippen molar-refractivity contribution in [1.29, 1.82) is 0 Å². The molecule has 2 unspecified atom stereocenters. The molecule has 14 heavy (non-hydrogen) atoms. The lowest BCUT2D eigenvalue weighted by Gasteiger charge is -2.20. The average Bonchev–Trinajstić information content (AvgIpc) is 2.58. The van der Waals surface area contributed by atoms with Crippen molar-refractivity contribution in [2.24, 2.45) is 17.1 Å². The highest BCUT2D eigenvalue weighted by Gasteiger charge is 2.47. The lowest BCUT2D eigenvalue weighted by atomic mass is 10.1. The summed E-state index contributed by atoms with van der Waals surface area (Å²) in [6.45, 7) is 4.11. The number of hydrogen-bond acceptors (Lipinski definition) is 2. The predicted octanol–water partition coefficient (Wildman–Crippen LogP) is 1.60. The van der Waals surface area contributed by atoms with Gasteiger partial charge in [-0.05, 0) is 56.4 Å². The van der Waals surface area contributed by atoms with E-state index < -0.39 is 0 Å². The Morgan fingerprint density at radius 3 is 2.64 bits per heavy atom. The van der Waals surface area contributed by atoms with Gasteiger partial charge in [-0.25, -0.2) is 0 Å². The van der Waals surface area contributed by atoms with E-state index in [0.717, 1.165) is 11.3 Å². The average molecular weight is 194 g/mol. The van der Waals surface area contributed by atoms with Crippen molar-refractivity contribution in [2.45, 2.75) is 44.6 Å². The smallest absolute Gasteiger partial charge is 0.00420 e. The molecule has 3 fully saturated rings. The first-order valence-electron chi connectivity index (χ1n) is 6.24. The summed E-state index contributed by atoms with van der Waals surface area (Å²) >= 11 is 0. The Balaban J connectivity index is 1.49. The maximum atomic E-state index is 5.95. The van der Waals surface area contributed by atoms with Gasteiger partial charge in [0.05, 0.1) is 0 Å². The molecule has 2 nitrogen and oxygen atoms in total. The van der Waals surface area contributed by atoms with Crippen LogP contribution in [0.4, 0.5) is 0 Å². The summed E-state index contributed by atoms with van der Waals surface area (Å²) in [5, 5.41) is 0. The molecule has 1 saturated heterocycles. The first-order chi connectivity index (χ1) is 6.76. The molecule has 2 atom stereocenters. The quantitative estimate of drug-likeness (QED) is 0.723. The fraction of sp³-hybridized carbons (Fsp3) is 1.00. The van der Waals surface area contributed by atoms with Gasteiger partial charge in [0.25, 0.3) is 0 Å². The van der Waals surface area contributed by atoms with Crippen molar-refractivity contribution in [2.75, 3.05) is 19.6 Å². The number of likely N-dealkylation sites (tertiary alicyclic amines) is 1. The van der Waals surface area contributed by atoms with Crippen LogP contribution >= 0.6 is 0 Å². The fourth-order valence-electron chi connectivity index (χ4n) is 3.41. The van der Waals surface area contributed by atoms with Gasteiger partial charge in [-0.3, -0.25) is 0 Å². The van der Waals surface area contributed by atoms with Gasteiger partial charge in [-0.2, -0.15) is 0 Å². The highest BCUT2D eigenvalue weighted by atomic mass is 15.2. The molecule has 3 aliphatic rings. The van der Waals surface area contributed by atoms with E-state index in [-0.39, 0.29) is 0 Å². The van der Waals surface area contributed by atoms with E-state index in [1.54, 1.807) is 0 Å². The molecule has 1 heterocycles. The molecular weight excluding hydrogens is 172 g/mol. The maximum Gasteiger partial charge on any atom is 0.00420 e. The van der Waals surface area contributed by atoms with E-state index in [4.69, 9.17) is 5.73 Å². The minimum absolute atomic E-state index is 0.512. The molecule has 0 radical (unpaired) electrons. The van der Waals surface area contributed by atoms with Crippen molar-refractivity contribution in [3.8, 4) is 0 Å². The van der Waals surface area contributed by atoms with Gasteiger partial charge in [0.1, 0.15) is 0 Å². The number of nitrogens with zero attached hydrogens (tertiary/aromatic N) is 1. The van der Waals surface area contributed by atoms with Crippen LogP contribution in [0.1, 0.15) is 38.5 Å². The van der Waals surface area contributed by atoms with E-state index in [1.807, 2.05) is 0 Å². The monoisotopic (exact) mass is 194 g/mol. The van der Waals surface area contributed by atoms with Crippen LogP contribution in [0.25, 0.3) is 0 Å². The molecule has 0 aromatic heterocycles. The van der Waals surface area contributed by atoms with Crippen LogP contribution in [-0.4, -0.2) is 30.6 Å². The van der Waals surface area contributed by atoms with Crippen LogP contribution in [0.5, 0.6) is 0 Å². The van der Waals surface area contributed by atoms with E-state index in [1.165, 1.54) is 58.2 Å². The maximum absolute atomic E-state index is 5.95. The van der Waals surface area contributed by atoms with E-state index in [9.17, 15) is 0 Å². The van der Waals surface area contributed by atoms with Crippen molar-refractivity contribution >= 4 is 0 Å². The Hall–Kier alpha value is -0.0800. The third-order valence-electron chi connectivity index (χ3n) is 4.57. The third kappa shape index (κ3) is 1.70. The summed E-state index contributed by atoms with van der Waals surface area (Å²) in [4.78, 5) is 2.70. The molecule has 2 heteroatoms. The molecule has 2 aliphatic carbocycles. The molecule has 1 aliphatic heterocycles. The normalized spacial score (nSPS) is 40.9. The second kappa shape index (κ2) is 3.21. The molecule has 0 bridgehead atoms. The molecule has 3 rings (SSSR count). The highest BCUT2D eigenvalue weighted by Crippen LogP contribution is 2.52. The van der Waals surface area contributed by atoms with Crippen LogP contribution in [0.3, 0.4) is 0 Å². The van der Waals surface area contributed by atoms with Gasteiger partial charge < -0.3 is 10.6 Å². The largest absolute Gasteiger partial charge is 0.328 e. The van der Waals surface area contributed by atoms with Gasteiger partial charge >= 0.3 is 0 Å². The van der Waals surface area contributed by atoms with Gasteiger partial charge in [-0.1, -0.05) is 0 Å². The number of nitrogens with two attached hydrogens (primary N) is 1. The second-order valence-electron chi connectivity index (χ2n) is 5.92. The first kappa shape index (κ1) is 9.17. The lowest BCUT2D eigenvalue weighted by Crippen LogP contribution is -2.27. The second-order valence-corrected chi connectivity index (χ2v) is 5.92. The summed E-state index contributed by atoms with van der Waals surface area (Å²) in [6, 6.07) is 0.512. The zero-order valence-corrected chi connectivity index (χ0v) is 9.04. The van der Waals surface area contributed by atoms with Crippen LogP contribution < -0.4 is 5.73 Å². The Morgan fingerprint density at radius 2 is 2.07 bits per heavy atom. The standard InChI is InChI=1S/C12H22N2/c13-11-2-1-10(7-11)8-14-6-5-12(9-14)3-4-12/h10-11H,1-9,13H2. The van der Waals surface area contributed by atoms with Gasteiger partial charge in [0.2, 0.25) is 0 Å². The van der Waals surface area contributed by atoms with Gasteiger partial charge in [0.15, 0.2) is 0 Å². The first-order valence-corrected chi connectivity index (χ1v) is 6.24. The van der Waals surface area contributed by atoms with Crippen LogP contribution in [0, 0.1) is 11.3 Å². The van der Waals surface area contributed by atoms with E-state index in [2.05, 4.69) is 4.90 Å². The van der Waals surface area contributed by atoms with Crippen LogP contribution in [0.15, 0.2) is 0 Å². The summed E-state index contributed by atoms with van der Waals surface area (Å²) in [6.07, 6.45) is 8.42. The third-order valence-corrected chi connectivity index (χ3v) is 4.57. The molecule has 1 spiro atoms. The summed E-state index contributed by atoms with van der Waals surface area (Å²) in [5.41, 5.74) is 6.75. The molecule has 2 N–H and O–H groups in total. The Morgan fingerprint density at radius 1 is 1.21 bits per heavy atom. The predicted molar refractivity (Wildman–Crippen MR) is 58.0 cm³/mol. The Kier molecular flexibility index (Phi) is 2.10. The molecule has 80 valence electrons. The summed E-state index contributed by atoms with van der Waals surface area (Å²) < 4.78 is 0. The van der Waals surface area contributed by atoms with Gasteiger partial charge in [0, 0.05) is 19.1 Å². The van der Waals surface area contributed by atoms with E-state index in [0.29, 0.717) is 6.04 Å². The molecule has 0 aromatic rings. The fourth-order valence-corrected chi connectivity index (χ4v) is 3.41. The minimum Gasteiger partial charge on any atom is -0.328 e. The molecule has 0 aromatic carbocycles. The summed E-state index contributed by atoms with van der Waals surface area (Å²) in [5.74, 6) is 0.916. The Bertz CT molecular complexity index is 222. The van der Waals surface area contributed by atoms with Gasteiger partial charge in [-0.15, -0.1) is 0 Å². The van der Waals surface area contributed by atoms with Crippen LogP contribution in [-0.2, 0) is 0 Å². The highest BCUT2D eigenvalue weighted by molar-refractivity contribution is 5.00. The summed E-state index contributed by atoms with van der Waals surface area (Å²) in [7, 11) is 0.